The molecule has 0 aliphatic heterocycles. The highest BCUT2D eigenvalue weighted by Crippen LogP contribution is 2.20. The van der Waals surface area contributed by atoms with E-state index < -0.39 is 0 Å². The molecule has 1 aromatic carbocycles. The second-order valence-corrected chi connectivity index (χ2v) is 4.55. The standard InChI is InChI=1S/C14H11ClN4/c1-10-9-12(11-5-3-2-4-6-11)18-19(10)14-8-7-13(15)16-17-14/h2-9H,1H3. The fourth-order valence-electron chi connectivity index (χ4n) is 1.88. The maximum absolute atomic E-state index is 5.74. The van der Waals surface area contributed by atoms with Gasteiger partial charge >= 0.3 is 0 Å². The fraction of sp³-hybridized carbons (Fsp3) is 0.0714. The van der Waals surface area contributed by atoms with Crippen LogP contribution in [0.25, 0.3) is 17.1 Å². The van der Waals surface area contributed by atoms with Crippen molar-refractivity contribution >= 4 is 11.6 Å². The van der Waals surface area contributed by atoms with Gasteiger partial charge in [-0.15, -0.1) is 10.2 Å². The summed E-state index contributed by atoms with van der Waals surface area (Å²) in [6.45, 7) is 1.98. The van der Waals surface area contributed by atoms with Crippen LogP contribution in [0.1, 0.15) is 5.69 Å². The van der Waals surface area contributed by atoms with Gasteiger partial charge in [0.15, 0.2) is 11.0 Å². The minimum Gasteiger partial charge on any atom is -0.217 e. The van der Waals surface area contributed by atoms with Crippen molar-refractivity contribution in [3.8, 4) is 17.1 Å². The molecule has 0 aliphatic rings. The molecule has 0 fully saturated rings. The molecule has 0 spiro atoms. The normalized spacial score (nSPS) is 10.6. The lowest BCUT2D eigenvalue weighted by molar-refractivity contribution is 0.793. The minimum atomic E-state index is 0.372. The number of aromatic nitrogens is 4. The van der Waals surface area contributed by atoms with Crippen molar-refractivity contribution < 1.29 is 0 Å². The van der Waals surface area contributed by atoms with Crippen LogP contribution < -0.4 is 0 Å². The molecule has 0 amide bonds. The van der Waals surface area contributed by atoms with E-state index in [4.69, 9.17) is 11.6 Å². The van der Waals surface area contributed by atoms with E-state index in [1.165, 1.54) is 0 Å². The summed E-state index contributed by atoms with van der Waals surface area (Å²) in [5.74, 6) is 0.657. The molecular weight excluding hydrogens is 260 g/mol. The third kappa shape index (κ3) is 2.35. The van der Waals surface area contributed by atoms with E-state index in [-0.39, 0.29) is 0 Å². The highest BCUT2D eigenvalue weighted by atomic mass is 35.5. The summed E-state index contributed by atoms with van der Waals surface area (Å²) in [5.41, 5.74) is 2.98. The second-order valence-electron chi connectivity index (χ2n) is 4.16. The Labute approximate surface area is 115 Å². The summed E-state index contributed by atoms with van der Waals surface area (Å²) in [6.07, 6.45) is 0. The van der Waals surface area contributed by atoms with Gasteiger partial charge in [0.1, 0.15) is 0 Å². The predicted octanol–water partition coefficient (Wildman–Crippen LogP) is 3.29. The zero-order valence-corrected chi connectivity index (χ0v) is 11.0. The van der Waals surface area contributed by atoms with Crippen LogP contribution in [-0.4, -0.2) is 20.0 Å². The van der Waals surface area contributed by atoms with Crippen molar-refractivity contribution in [2.24, 2.45) is 0 Å². The average Bonchev–Trinajstić information content (AvgIpc) is 2.83. The van der Waals surface area contributed by atoms with Crippen LogP contribution in [-0.2, 0) is 0 Å². The van der Waals surface area contributed by atoms with Gasteiger partial charge in [0.2, 0.25) is 0 Å². The van der Waals surface area contributed by atoms with Crippen LogP contribution in [0.5, 0.6) is 0 Å². The van der Waals surface area contributed by atoms with Crippen molar-refractivity contribution in [2.45, 2.75) is 6.92 Å². The first-order valence-electron chi connectivity index (χ1n) is 5.86. The van der Waals surface area contributed by atoms with Gasteiger partial charge in [-0.2, -0.15) is 5.10 Å². The number of hydrogen-bond acceptors (Lipinski definition) is 3. The molecule has 4 nitrogen and oxygen atoms in total. The maximum atomic E-state index is 5.74. The monoisotopic (exact) mass is 270 g/mol. The molecule has 0 saturated heterocycles. The third-order valence-corrected chi connectivity index (χ3v) is 2.99. The summed E-state index contributed by atoms with van der Waals surface area (Å²) in [6, 6.07) is 15.5. The molecule has 5 heteroatoms. The largest absolute Gasteiger partial charge is 0.217 e. The molecule has 3 aromatic rings. The lowest BCUT2D eigenvalue weighted by atomic mass is 10.1. The zero-order chi connectivity index (χ0) is 13.2. The van der Waals surface area contributed by atoms with E-state index in [0.717, 1.165) is 17.0 Å². The first-order chi connectivity index (χ1) is 9.24. The Kier molecular flexibility index (Phi) is 3.01. The van der Waals surface area contributed by atoms with Gasteiger partial charge in [0.05, 0.1) is 5.69 Å². The Morgan fingerprint density at radius 2 is 1.79 bits per heavy atom. The summed E-state index contributed by atoms with van der Waals surface area (Å²) >= 11 is 5.74. The minimum absolute atomic E-state index is 0.372. The third-order valence-electron chi connectivity index (χ3n) is 2.79. The predicted molar refractivity (Wildman–Crippen MR) is 74.3 cm³/mol. The average molecular weight is 271 g/mol. The van der Waals surface area contributed by atoms with E-state index in [0.29, 0.717) is 11.0 Å². The van der Waals surface area contributed by atoms with Gasteiger partial charge < -0.3 is 0 Å². The molecule has 2 aromatic heterocycles. The smallest absolute Gasteiger partial charge is 0.176 e. The molecule has 19 heavy (non-hydrogen) atoms. The van der Waals surface area contributed by atoms with Crippen LogP contribution in [0.3, 0.4) is 0 Å². The molecule has 94 valence electrons. The van der Waals surface area contributed by atoms with Crippen molar-refractivity contribution in [3.05, 3.63) is 59.4 Å². The maximum Gasteiger partial charge on any atom is 0.176 e. The summed E-state index contributed by atoms with van der Waals surface area (Å²) in [4.78, 5) is 0. The van der Waals surface area contributed by atoms with E-state index in [9.17, 15) is 0 Å². The van der Waals surface area contributed by atoms with Crippen LogP contribution >= 0.6 is 11.6 Å². The molecule has 2 heterocycles. The molecule has 0 bridgehead atoms. The summed E-state index contributed by atoms with van der Waals surface area (Å²) < 4.78 is 1.76. The highest BCUT2D eigenvalue weighted by molar-refractivity contribution is 6.29. The van der Waals surface area contributed by atoms with Crippen LogP contribution in [0, 0.1) is 6.92 Å². The molecule has 0 radical (unpaired) electrons. The Bertz CT molecular complexity index is 689. The lowest BCUT2D eigenvalue weighted by Crippen LogP contribution is -2.02. The Morgan fingerprint density at radius 1 is 1.00 bits per heavy atom. The number of nitrogens with zero attached hydrogens (tertiary/aromatic N) is 4. The van der Waals surface area contributed by atoms with Crippen LogP contribution in [0.4, 0.5) is 0 Å². The van der Waals surface area contributed by atoms with Gasteiger partial charge in [-0.05, 0) is 25.1 Å². The van der Waals surface area contributed by atoms with Crippen molar-refractivity contribution in [1.29, 1.82) is 0 Å². The number of rotatable bonds is 2. The van der Waals surface area contributed by atoms with E-state index in [2.05, 4.69) is 15.3 Å². The van der Waals surface area contributed by atoms with Gasteiger partial charge in [0, 0.05) is 11.3 Å². The van der Waals surface area contributed by atoms with Gasteiger partial charge in [-0.25, -0.2) is 4.68 Å². The Hall–Kier alpha value is -2.20. The number of halogens is 1. The first-order valence-corrected chi connectivity index (χ1v) is 6.23. The van der Waals surface area contributed by atoms with Crippen LogP contribution in [0.2, 0.25) is 5.15 Å². The molecule has 3 rings (SSSR count). The van der Waals surface area contributed by atoms with E-state index in [1.54, 1.807) is 16.8 Å². The number of hydrogen-bond donors (Lipinski definition) is 0. The molecule has 0 aliphatic carbocycles. The molecule has 0 atom stereocenters. The molecule has 0 N–H and O–H groups in total. The Morgan fingerprint density at radius 3 is 2.47 bits per heavy atom. The van der Waals surface area contributed by atoms with Crippen molar-refractivity contribution in [1.82, 2.24) is 20.0 Å². The second kappa shape index (κ2) is 4.82. The van der Waals surface area contributed by atoms with Crippen LogP contribution in [0.15, 0.2) is 48.5 Å². The zero-order valence-electron chi connectivity index (χ0n) is 10.3. The van der Waals surface area contributed by atoms with Gasteiger partial charge in [-0.1, -0.05) is 41.9 Å². The highest BCUT2D eigenvalue weighted by Gasteiger charge is 2.09. The van der Waals surface area contributed by atoms with Gasteiger partial charge in [0.25, 0.3) is 0 Å². The van der Waals surface area contributed by atoms with Gasteiger partial charge in [-0.3, -0.25) is 0 Å². The number of aryl methyl sites for hydroxylation is 1. The SMILES string of the molecule is Cc1cc(-c2ccccc2)nn1-c1ccc(Cl)nn1. The lowest BCUT2D eigenvalue weighted by Gasteiger charge is -2.01. The van der Waals surface area contributed by atoms with Crippen molar-refractivity contribution in [2.75, 3.05) is 0 Å². The van der Waals surface area contributed by atoms with E-state index >= 15 is 0 Å². The van der Waals surface area contributed by atoms with Crippen molar-refractivity contribution in [3.63, 3.8) is 0 Å². The molecule has 0 unspecified atom stereocenters. The molecule has 0 saturated carbocycles. The summed E-state index contributed by atoms with van der Waals surface area (Å²) in [7, 11) is 0. The topological polar surface area (TPSA) is 43.6 Å². The Balaban J connectivity index is 2.05. The number of benzene rings is 1. The fourth-order valence-corrected chi connectivity index (χ4v) is 1.98. The first kappa shape index (κ1) is 11.9. The quantitative estimate of drug-likeness (QED) is 0.718. The summed E-state index contributed by atoms with van der Waals surface area (Å²) in [5, 5.41) is 12.8. The van der Waals surface area contributed by atoms with E-state index in [1.807, 2.05) is 43.3 Å². The molecular formula is C14H11ClN4.